The fraction of sp³-hybridized carbons (Fsp3) is 0.455. The minimum Gasteiger partial charge on any atom is -0.328 e. The number of benzene rings is 1. The van der Waals surface area contributed by atoms with E-state index in [1.165, 1.54) is 16.0 Å². The van der Waals surface area contributed by atoms with Crippen LogP contribution in [-0.4, -0.2) is 12.3 Å². The van der Waals surface area contributed by atoms with Crippen molar-refractivity contribution in [1.82, 2.24) is 0 Å². The van der Waals surface area contributed by atoms with Crippen LogP contribution in [0.15, 0.2) is 23.1 Å². The predicted octanol–water partition coefficient (Wildman–Crippen LogP) is 2.61. The Kier molecular flexibility index (Phi) is 3.82. The third-order valence-corrected chi connectivity index (χ3v) is 2.82. The van der Waals surface area contributed by atoms with Crippen molar-refractivity contribution < 1.29 is 0 Å². The Morgan fingerprint density at radius 2 is 2.15 bits per heavy atom. The van der Waals surface area contributed by atoms with Gasteiger partial charge in [-0.3, -0.25) is 0 Å². The molecule has 0 aliphatic heterocycles. The molecule has 1 unspecified atom stereocenters. The van der Waals surface area contributed by atoms with Crippen LogP contribution in [0.3, 0.4) is 0 Å². The van der Waals surface area contributed by atoms with Crippen LogP contribution in [0.5, 0.6) is 0 Å². The van der Waals surface area contributed by atoms with Crippen LogP contribution < -0.4 is 5.73 Å². The first-order valence-electron chi connectivity index (χ1n) is 4.52. The third-order valence-electron chi connectivity index (χ3n) is 2.10. The summed E-state index contributed by atoms with van der Waals surface area (Å²) in [5, 5.41) is 0. The van der Waals surface area contributed by atoms with Gasteiger partial charge in [0, 0.05) is 10.9 Å². The van der Waals surface area contributed by atoms with Crippen LogP contribution in [0.1, 0.15) is 18.1 Å². The molecule has 2 heteroatoms. The van der Waals surface area contributed by atoms with E-state index in [-0.39, 0.29) is 6.04 Å². The number of thioether (sulfide) groups is 1. The van der Waals surface area contributed by atoms with E-state index in [2.05, 4.69) is 31.4 Å². The third kappa shape index (κ3) is 3.05. The number of rotatable bonds is 3. The van der Waals surface area contributed by atoms with Gasteiger partial charge in [0.1, 0.15) is 0 Å². The maximum absolute atomic E-state index is 5.78. The van der Waals surface area contributed by atoms with Gasteiger partial charge in [-0.2, -0.15) is 0 Å². The van der Waals surface area contributed by atoms with Gasteiger partial charge in [-0.05, 0) is 49.8 Å². The zero-order valence-corrected chi connectivity index (χ0v) is 9.32. The molecule has 1 nitrogen and oxygen atoms in total. The Bertz CT molecular complexity index is 281. The molecule has 72 valence electrons. The molecule has 0 bridgehead atoms. The second-order valence-corrected chi connectivity index (χ2v) is 4.35. The van der Waals surface area contributed by atoms with Gasteiger partial charge in [0.15, 0.2) is 0 Å². The van der Waals surface area contributed by atoms with Crippen molar-refractivity contribution in [2.45, 2.75) is 31.2 Å². The van der Waals surface area contributed by atoms with Gasteiger partial charge >= 0.3 is 0 Å². The summed E-state index contributed by atoms with van der Waals surface area (Å²) >= 11 is 1.78. The molecule has 1 aromatic carbocycles. The fourth-order valence-electron chi connectivity index (χ4n) is 1.34. The van der Waals surface area contributed by atoms with Gasteiger partial charge in [0.2, 0.25) is 0 Å². The lowest BCUT2D eigenvalue weighted by atomic mass is 10.0. The number of aryl methyl sites for hydroxylation is 1. The molecule has 1 atom stereocenters. The van der Waals surface area contributed by atoms with Crippen molar-refractivity contribution >= 4 is 11.8 Å². The van der Waals surface area contributed by atoms with Crippen LogP contribution in [0.25, 0.3) is 0 Å². The van der Waals surface area contributed by atoms with Gasteiger partial charge in [-0.15, -0.1) is 11.8 Å². The predicted molar refractivity (Wildman–Crippen MR) is 60.3 cm³/mol. The van der Waals surface area contributed by atoms with E-state index in [0.29, 0.717) is 0 Å². The van der Waals surface area contributed by atoms with E-state index in [1.807, 2.05) is 6.92 Å². The highest BCUT2D eigenvalue weighted by Crippen LogP contribution is 2.19. The van der Waals surface area contributed by atoms with Gasteiger partial charge in [-0.1, -0.05) is 6.07 Å². The molecule has 0 fully saturated rings. The van der Waals surface area contributed by atoms with Crippen LogP contribution in [-0.2, 0) is 6.42 Å². The molecule has 1 aromatic rings. The summed E-state index contributed by atoms with van der Waals surface area (Å²) < 4.78 is 0. The van der Waals surface area contributed by atoms with Gasteiger partial charge in [0.25, 0.3) is 0 Å². The lowest BCUT2D eigenvalue weighted by Crippen LogP contribution is -2.18. The molecule has 0 aromatic heterocycles. The number of hydrogen-bond donors (Lipinski definition) is 1. The van der Waals surface area contributed by atoms with Crippen LogP contribution in [0, 0.1) is 6.92 Å². The van der Waals surface area contributed by atoms with Crippen molar-refractivity contribution in [2.75, 3.05) is 6.26 Å². The van der Waals surface area contributed by atoms with E-state index in [9.17, 15) is 0 Å². The highest BCUT2D eigenvalue weighted by atomic mass is 32.2. The fourth-order valence-corrected chi connectivity index (χ4v) is 1.81. The van der Waals surface area contributed by atoms with E-state index in [1.54, 1.807) is 11.8 Å². The zero-order chi connectivity index (χ0) is 9.84. The largest absolute Gasteiger partial charge is 0.328 e. The highest BCUT2D eigenvalue weighted by molar-refractivity contribution is 7.98. The molecule has 0 spiro atoms. The minimum absolute atomic E-state index is 0.246. The van der Waals surface area contributed by atoms with Gasteiger partial charge in [-0.25, -0.2) is 0 Å². The first-order valence-corrected chi connectivity index (χ1v) is 5.75. The number of hydrogen-bond acceptors (Lipinski definition) is 2. The van der Waals surface area contributed by atoms with Gasteiger partial charge < -0.3 is 5.73 Å². The monoisotopic (exact) mass is 195 g/mol. The zero-order valence-electron chi connectivity index (χ0n) is 8.50. The van der Waals surface area contributed by atoms with Crippen molar-refractivity contribution in [1.29, 1.82) is 0 Å². The Hall–Kier alpha value is -0.470. The normalized spacial score (nSPS) is 12.9. The van der Waals surface area contributed by atoms with E-state index in [0.717, 1.165) is 6.42 Å². The Morgan fingerprint density at radius 1 is 1.46 bits per heavy atom. The van der Waals surface area contributed by atoms with Crippen molar-refractivity contribution in [3.05, 3.63) is 29.3 Å². The summed E-state index contributed by atoms with van der Waals surface area (Å²) in [6.07, 6.45) is 3.07. The summed E-state index contributed by atoms with van der Waals surface area (Å²) in [5.74, 6) is 0. The van der Waals surface area contributed by atoms with Gasteiger partial charge in [0.05, 0.1) is 0 Å². The average molecular weight is 195 g/mol. The molecular formula is C11H17NS. The summed E-state index contributed by atoms with van der Waals surface area (Å²) in [4.78, 5) is 1.32. The van der Waals surface area contributed by atoms with Crippen molar-refractivity contribution in [2.24, 2.45) is 5.73 Å². The summed E-state index contributed by atoms with van der Waals surface area (Å²) in [5.41, 5.74) is 8.50. The molecule has 2 N–H and O–H groups in total. The Labute approximate surface area is 84.7 Å². The molecule has 13 heavy (non-hydrogen) atoms. The highest BCUT2D eigenvalue weighted by Gasteiger charge is 2.02. The molecule has 0 aliphatic carbocycles. The molecule has 1 rings (SSSR count). The lowest BCUT2D eigenvalue weighted by Gasteiger charge is -2.09. The first kappa shape index (κ1) is 10.6. The average Bonchev–Trinajstić information content (AvgIpc) is 2.08. The van der Waals surface area contributed by atoms with E-state index < -0.39 is 0 Å². The molecule has 0 heterocycles. The SMILES string of the molecule is CSc1ccc(C)c(CC(C)N)c1. The maximum atomic E-state index is 5.78. The molecule has 0 aliphatic rings. The lowest BCUT2D eigenvalue weighted by molar-refractivity contribution is 0.733. The smallest absolute Gasteiger partial charge is 0.00720 e. The standard InChI is InChI=1S/C11H17NS/c1-8-4-5-11(13-3)7-10(8)6-9(2)12/h4-5,7,9H,6,12H2,1-3H3. The quantitative estimate of drug-likeness (QED) is 0.750. The molecule has 0 radical (unpaired) electrons. The second kappa shape index (κ2) is 4.68. The van der Waals surface area contributed by atoms with E-state index >= 15 is 0 Å². The topological polar surface area (TPSA) is 26.0 Å². The van der Waals surface area contributed by atoms with Crippen molar-refractivity contribution in [3.63, 3.8) is 0 Å². The Morgan fingerprint density at radius 3 is 2.69 bits per heavy atom. The van der Waals surface area contributed by atoms with Crippen LogP contribution >= 0.6 is 11.8 Å². The molecule has 0 saturated heterocycles. The minimum atomic E-state index is 0.246. The summed E-state index contributed by atoms with van der Waals surface area (Å²) in [6, 6.07) is 6.81. The number of nitrogens with two attached hydrogens (primary N) is 1. The summed E-state index contributed by atoms with van der Waals surface area (Å²) in [6.45, 7) is 4.19. The van der Waals surface area contributed by atoms with Crippen LogP contribution in [0.4, 0.5) is 0 Å². The second-order valence-electron chi connectivity index (χ2n) is 3.47. The van der Waals surface area contributed by atoms with Crippen LogP contribution in [0.2, 0.25) is 0 Å². The first-order chi connectivity index (χ1) is 6.13. The Balaban J connectivity index is 2.90. The molecule has 0 amide bonds. The van der Waals surface area contributed by atoms with Crippen molar-refractivity contribution in [3.8, 4) is 0 Å². The van der Waals surface area contributed by atoms with E-state index in [4.69, 9.17) is 5.73 Å². The maximum Gasteiger partial charge on any atom is 0.00720 e. The summed E-state index contributed by atoms with van der Waals surface area (Å²) in [7, 11) is 0. The molecular weight excluding hydrogens is 178 g/mol. The molecule has 0 saturated carbocycles.